The Balaban J connectivity index is -0.000000513. The molecule has 0 aliphatic carbocycles. The molecule has 0 aromatic heterocycles. The fourth-order valence-electron chi connectivity index (χ4n) is 1.90. The summed E-state index contributed by atoms with van der Waals surface area (Å²) >= 11 is 0. The molecular weight excluding hydrogens is 379 g/mol. The molecule has 0 amide bonds. The first-order chi connectivity index (χ1) is 11.1. The molecule has 0 saturated carbocycles. The van der Waals surface area contributed by atoms with Crippen LogP contribution in [0.3, 0.4) is 0 Å². The molecule has 0 spiro atoms. The molecule has 0 bridgehead atoms. The molecule has 2 N–H and O–H groups in total. The quantitative estimate of drug-likeness (QED) is 0.195. The first-order valence-corrected chi connectivity index (χ1v) is 11.3. The summed E-state index contributed by atoms with van der Waals surface area (Å²) in [4.78, 5) is 0. The van der Waals surface area contributed by atoms with Crippen LogP contribution < -0.4 is 0 Å². The summed E-state index contributed by atoms with van der Waals surface area (Å²) in [5.41, 5.74) is 0. The van der Waals surface area contributed by atoms with Crippen LogP contribution in [-0.2, 0) is 24.7 Å². The van der Waals surface area contributed by atoms with Crippen molar-refractivity contribution < 1.29 is 30.1 Å². The van der Waals surface area contributed by atoms with E-state index in [0.29, 0.717) is 6.42 Å². The number of rotatable bonds is 14. The standard InChI is InChI=1S/C12H26O4S.C3H6O3S.Na.H/c1-2-3-4-5-6-7-8-9-10-11-12-16-17(13,14)15;1-2-3-7(4,5)6;;/h2-12H2,1H3,(H,13,14,15);2H,1,3H2,(H,4,5,6);;. The predicted molar refractivity (Wildman–Crippen MR) is 103 cm³/mol. The zero-order valence-electron chi connectivity index (χ0n) is 14.5. The van der Waals surface area contributed by atoms with Crippen LogP contribution in [0.25, 0.3) is 0 Å². The van der Waals surface area contributed by atoms with Gasteiger partial charge >= 0.3 is 40.0 Å². The van der Waals surface area contributed by atoms with Crippen molar-refractivity contribution in [2.24, 2.45) is 0 Å². The molecule has 0 fully saturated rings. The average Bonchev–Trinajstić information content (AvgIpc) is 2.43. The second kappa shape index (κ2) is 19.3. The molecule has 0 aromatic rings. The van der Waals surface area contributed by atoms with E-state index in [1.54, 1.807) is 0 Å². The van der Waals surface area contributed by atoms with Gasteiger partial charge in [-0.2, -0.15) is 16.8 Å². The maximum absolute atomic E-state index is 10.2. The Morgan fingerprint density at radius 2 is 1.24 bits per heavy atom. The van der Waals surface area contributed by atoms with Crippen LogP contribution in [0, 0.1) is 0 Å². The zero-order chi connectivity index (χ0) is 18.9. The van der Waals surface area contributed by atoms with E-state index in [1.807, 2.05) is 0 Å². The SMILES string of the molecule is C=CCS(=O)(=O)O.CCCCCCCCCCCCOS(=O)(=O)O.[NaH]. The van der Waals surface area contributed by atoms with Gasteiger partial charge in [-0.25, -0.2) is 4.18 Å². The summed E-state index contributed by atoms with van der Waals surface area (Å²) in [5, 5.41) is 0. The first kappa shape index (κ1) is 30.3. The van der Waals surface area contributed by atoms with Crippen LogP contribution in [0.1, 0.15) is 71.1 Å². The van der Waals surface area contributed by atoms with Crippen molar-refractivity contribution in [1.82, 2.24) is 0 Å². The van der Waals surface area contributed by atoms with Gasteiger partial charge in [0.25, 0.3) is 10.1 Å². The van der Waals surface area contributed by atoms with E-state index in [1.165, 1.54) is 44.9 Å². The van der Waals surface area contributed by atoms with Gasteiger partial charge in [0.1, 0.15) is 0 Å². The second-order valence-electron chi connectivity index (χ2n) is 5.47. The van der Waals surface area contributed by atoms with E-state index in [9.17, 15) is 16.8 Å². The van der Waals surface area contributed by atoms with Gasteiger partial charge in [-0.15, -0.1) is 6.58 Å². The molecular formula is C15H33NaO7S2. The van der Waals surface area contributed by atoms with Crippen LogP contribution in [-0.4, -0.2) is 67.9 Å². The van der Waals surface area contributed by atoms with Crippen molar-refractivity contribution in [2.45, 2.75) is 71.1 Å². The van der Waals surface area contributed by atoms with Crippen molar-refractivity contribution in [3.63, 3.8) is 0 Å². The van der Waals surface area contributed by atoms with Gasteiger partial charge in [0.2, 0.25) is 0 Å². The fourth-order valence-corrected chi connectivity index (χ4v) is 2.53. The molecule has 148 valence electrons. The molecule has 0 unspecified atom stereocenters. The van der Waals surface area contributed by atoms with Gasteiger partial charge in [0.15, 0.2) is 0 Å². The third kappa shape index (κ3) is 36.3. The van der Waals surface area contributed by atoms with Crippen molar-refractivity contribution in [3.8, 4) is 0 Å². The van der Waals surface area contributed by atoms with Gasteiger partial charge in [-0.05, 0) is 6.42 Å². The third-order valence-electron chi connectivity index (χ3n) is 3.06. The topological polar surface area (TPSA) is 118 Å². The van der Waals surface area contributed by atoms with E-state index in [4.69, 9.17) is 9.11 Å². The molecule has 10 heteroatoms. The van der Waals surface area contributed by atoms with E-state index >= 15 is 0 Å². The molecule has 0 heterocycles. The Kier molecular flexibility index (Phi) is 23.3. The molecule has 0 aliphatic heterocycles. The number of hydrogen-bond acceptors (Lipinski definition) is 5. The Morgan fingerprint density at radius 3 is 1.52 bits per heavy atom. The van der Waals surface area contributed by atoms with Crippen molar-refractivity contribution in [3.05, 3.63) is 12.7 Å². The van der Waals surface area contributed by atoms with Crippen LogP contribution >= 0.6 is 0 Å². The fraction of sp³-hybridized carbons (Fsp3) is 0.867. The Labute approximate surface area is 175 Å². The zero-order valence-corrected chi connectivity index (χ0v) is 16.2. The Morgan fingerprint density at radius 1 is 0.840 bits per heavy atom. The summed E-state index contributed by atoms with van der Waals surface area (Å²) in [6.45, 7) is 5.42. The van der Waals surface area contributed by atoms with Crippen LogP contribution in [0.15, 0.2) is 12.7 Å². The van der Waals surface area contributed by atoms with Gasteiger partial charge < -0.3 is 0 Å². The van der Waals surface area contributed by atoms with E-state index < -0.39 is 20.5 Å². The van der Waals surface area contributed by atoms with E-state index in [0.717, 1.165) is 18.9 Å². The van der Waals surface area contributed by atoms with Crippen molar-refractivity contribution in [2.75, 3.05) is 12.4 Å². The molecule has 0 aliphatic rings. The van der Waals surface area contributed by atoms with Crippen LogP contribution in [0.4, 0.5) is 0 Å². The number of unbranched alkanes of at least 4 members (excludes halogenated alkanes) is 9. The van der Waals surface area contributed by atoms with Gasteiger partial charge in [-0.1, -0.05) is 70.8 Å². The molecule has 0 aromatic carbocycles. The monoisotopic (exact) mass is 412 g/mol. The van der Waals surface area contributed by atoms with E-state index in [-0.39, 0.29) is 41.9 Å². The summed E-state index contributed by atoms with van der Waals surface area (Å²) in [5.74, 6) is -0.368. The average molecular weight is 413 g/mol. The van der Waals surface area contributed by atoms with Crippen molar-refractivity contribution in [1.29, 1.82) is 0 Å². The minimum absolute atomic E-state index is 0. The molecule has 0 rings (SSSR count). The molecule has 0 atom stereocenters. The normalized spacial score (nSPS) is 11.2. The molecule has 7 nitrogen and oxygen atoms in total. The summed E-state index contributed by atoms with van der Waals surface area (Å²) in [7, 11) is -8.03. The van der Waals surface area contributed by atoms with Crippen LogP contribution in [0.5, 0.6) is 0 Å². The summed E-state index contributed by atoms with van der Waals surface area (Å²) < 4.78 is 60.3. The molecule has 25 heavy (non-hydrogen) atoms. The molecule has 0 saturated heterocycles. The Bertz CT molecular complexity index is 490. The molecule has 0 radical (unpaired) electrons. The van der Waals surface area contributed by atoms with Crippen LogP contribution in [0.2, 0.25) is 0 Å². The first-order valence-electron chi connectivity index (χ1n) is 8.30. The Hall–Kier alpha value is 0.520. The third-order valence-corrected chi connectivity index (χ3v) is 4.18. The van der Waals surface area contributed by atoms with Gasteiger partial charge in [0, 0.05) is 0 Å². The predicted octanol–water partition coefficient (Wildman–Crippen LogP) is 3.14. The second-order valence-corrected chi connectivity index (χ2v) is 8.06. The van der Waals surface area contributed by atoms with Gasteiger partial charge in [0.05, 0.1) is 12.4 Å². The maximum atomic E-state index is 10.2. The minimum atomic E-state index is -4.23. The number of hydrogen-bond donors (Lipinski definition) is 2. The van der Waals surface area contributed by atoms with E-state index in [2.05, 4.69) is 17.7 Å². The summed E-state index contributed by atoms with van der Waals surface area (Å²) in [6.07, 6.45) is 13.0. The summed E-state index contributed by atoms with van der Waals surface area (Å²) in [6, 6.07) is 0. The van der Waals surface area contributed by atoms with Crippen molar-refractivity contribution >= 4 is 50.1 Å². The van der Waals surface area contributed by atoms with Gasteiger partial charge in [-0.3, -0.25) is 9.11 Å².